The molecule has 0 saturated carbocycles. The van der Waals surface area contributed by atoms with Crippen LogP contribution in [-0.4, -0.2) is 48.5 Å². The number of carbonyl (C=O) groups excluding carboxylic acids is 2. The van der Waals surface area contributed by atoms with Crippen LogP contribution in [0.4, 0.5) is 5.69 Å². The number of esters is 1. The fourth-order valence-corrected chi connectivity index (χ4v) is 3.19. The lowest BCUT2D eigenvalue weighted by Crippen LogP contribution is -2.52. The lowest BCUT2D eigenvalue weighted by Gasteiger charge is -2.29. The maximum absolute atomic E-state index is 13.2. The van der Waals surface area contributed by atoms with Crippen LogP contribution in [0.1, 0.15) is 18.1 Å². The van der Waals surface area contributed by atoms with E-state index < -0.39 is 24.0 Å². The quantitative estimate of drug-likeness (QED) is 0.818. The van der Waals surface area contributed by atoms with Crippen molar-refractivity contribution in [2.75, 3.05) is 25.2 Å². The highest BCUT2D eigenvalue weighted by Crippen LogP contribution is 2.33. The second-order valence-electron chi connectivity index (χ2n) is 6.32. The highest BCUT2D eigenvalue weighted by molar-refractivity contribution is 6.32. The van der Waals surface area contributed by atoms with Crippen LogP contribution in [0, 0.1) is 0 Å². The number of anilines is 1. The molecule has 6 nitrogen and oxygen atoms in total. The summed E-state index contributed by atoms with van der Waals surface area (Å²) in [4.78, 5) is 30.5. The Morgan fingerprint density at radius 1 is 1.26 bits per heavy atom. The van der Waals surface area contributed by atoms with Crippen molar-refractivity contribution in [3.05, 3.63) is 64.7 Å². The van der Waals surface area contributed by atoms with Gasteiger partial charge in [-0.1, -0.05) is 41.9 Å². The highest BCUT2D eigenvalue weighted by atomic mass is 35.5. The van der Waals surface area contributed by atoms with E-state index in [1.807, 2.05) is 30.3 Å². The fourth-order valence-electron chi connectivity index (χ4n) is 3.01. The standard InChI is InChI=1S/C20H19ClN2O4/c1-13(25)27-12-20(11-24)19(26)23(2)17-9-8-15(21)10-16(17)18(22-20)14-6-4-3-5-7-14/h3-10,24H,11-12H2,1-2H3/t20-/m1/s1. The van der Waals surface area contributed by atoms with Gasteiger partial charge in [0, 0.05) is 30.1 Å². The minimum atomic E-state index is -1.64. The van der Waals surface area contributed by atoms with E-state index >= 15 is 0 Å². The minimum Gasteiger partial charge on any atom is -0.463 e. The Kier molecular flexibility index (Phi) is 5.30. The number of carbonyl (C=O) groups is 2. The topological polar surface area (TPSA) is 79.2 Å². The first-order valence-electron chi connectivity index (χ1n) is 8.35. The molecule has 0 unspecified atom stereocenters. The summed E-state index contributed by atoms with van der Waals surface area (Å²) in [5, 5.41) is 10.6. The summed E-state index contributed by atoms with van der Waals surface area (Å²) in [5.41, 5.74) is 0.863. The normalized spacial score (nSPS) is 19.2. The number of rotatable bonds is 4. The number of benzene rings is 2. The molecule has 0 radical (unpaired) electrons. The zero-order chi connectivity index (χ0) is 19.6. The number of aliphatic hydroxyl groups is 1. The molecule has 0 aromatic heterocycles. The number of fused-ring (bicyclic) bond motifs is 1. The highest BCUT2D eigenvalue weighted by Gasteiger charge is 2.44. The van der Waals surface area contributed by atoms with Gasteiger partial charge in [0.1, 0.15) is 6.61 Å². The predicted octanol–water partition coefficient (Wildman–Crippen LogP) is 2.45. The fraction of sp³-hybridized carbons (Fsp3) is 0.250. The number of aliphatic hydroxyl groups excluding tert-OH is 1. The Bertz CT molecular complexity index is 913. The van der Waals surface area contributed by atoms with Gasteiger partial charge in [-0.05, 0) is 18.2 Å². The van der Waals surface area contributed by atoms with Gasteiger partial charge in [-0.25, -0.2) is 0 Å². The summed E-state index contributed by atoms with van der Waals surface area (Å²) < 4.78 is 5.08. The van der Waals surface area contributed by atoms with Crippen molar-refractivity contribution >= 4 is 34.9 Å². The van der Waals surface area contributed by atoms with E-state index in [0.29, 0.717) is 22.0 Å². The number of likely N-dealkylation sites (N-methyl/N-ethyl adjacent to an activating group) is 1. The molecule has 27 heavy (non-hydrogen) atoms. The van der Waals surface area contributed by atoms with Crippen LogP contribution < -0.4 is 4.90 Å². The van der Waals surface area contributed by atoms with Crippen molar-refractivity contribution in [3.63, 3.8) is 0 Å². The summed E-state index contributed by atoms with van der Waals surface area (Å²) in [6, 6.07) is 14.4. The maximum atomic E-state index is 13.2. The van der Waals surface area contributed by atoms with E-state index in [0.717, 1.165) is 5.56 Å². The molecule has 0 fully saturated rings. The Hall–Kier alpha value is -2.70. The Morgan fingerprint density at radius 2 is 1.96 bits per heavy atom. The molecule has 1 N–H and O–H groups in total. The largest absolute Gasteiger partial charge is 0.463 e. The molecule has 0 saturated heterocycles. The lowest BCUT2D eigenvalue weighted by atomic mass is 9.99. The van der Waals surface area contributed by atoms with Crippen molar-refractivity contribution < 1.29 is 19.4 Å². The smallest absolute Gasteiger partial charge is 0.302 e. The molecule has 0 aliphatic carbocycles. The third-order valence-electron chi connectivity index (χ3n) is 4.43. The second-order valence-corrected chi connectivity index (χ2v) is 6.76. The van der Waals surface area contributed by atoms with Gasteiger partial charge in [-0.2, -0.15) is 0 Å². The van der Waals surface area contributed by atoms with Crippen LogP contribution in [-0.2, 0) is 14.3 Å². The Balaban J connectivity index is 2.28. The number of benzodiazepines with no additional fused rings is 1. The number of aliphatic imine (C=N–C) groups is 1. The molecule has 1 heterocycles. The Morgan fingerprint density at radius 3 is 2.59 bits per heavy atom. The molecule has 0 bridgehead atoms. The van der Waals surface area contributed by atoms with Crippen molar-refractivity contribution in [2.24, 2.45) is 4.99 Å². The van der Waals surface area contributed by atoms with E-state index in [2.05, 4.69) is 4.99 Å². The molecule has 2 aromatic rings. The SMILES string of the molecule is CC(=O)OC[C@@]1(CO)N=C(c2ccccc2)c2cc(Cl)ccc2N(C)C1=O. The average molecular weight is 387 g/mol. The van der Waals surface area contributed by atoms with Gasteiger partial charge in [0.05, 0.1) is 18.0 Å². The van der Waals surface area contributed by atoms with E-state index in [-0.39, 0.29) is 6.61 Å². The molecule has 140 valence electrons. The molecule has 0 spiro atoms. The molecule has 2 aromatic carbocycles. The number of nitrogens with zero attached hydrogens (tertiary/aromatic N) is 2. The lowest BCUT2D eigenvalue weighted by molar-refractivity contribution is -0.145. The summed E-state index contributed by atoms with van der Waals surface area (Å²) in [5.74, 6) is -1.03. The number of amides is 1. The molecule has 1 aliphatic heterocycles. The van der Waals surface area contributed by atoms with Crippen molar-refractivity contribution in [3.8, 4) is 0 Å². The monoisotopic (exact) mass is 386 g/mol. The van der Waals surface area contributed by atoms with Gasteiger partial charge in [0.2, 0.25) is 0 Å². The summed E-state index contributed by atoms with van der Waals surface area (Å²) in [6.07, 6.45) is 0. The number of halogens is 1. The zero-order valence-electron chi connectivity index (χ0n) is 15.0. The van der Waals surface area contributed by atoms with Crippen LogP contribution >= 0.6 is 11.6 Å². The molecule has 1 aliphatic rings. The van der Waals surface area contributed by atoms with E-state index in [1.165, 1.54) is 11.8 Å². The number of ether oxygens (including phenoxy) is 1. The van der Waals surface area contributed by atoms with Gasteiger partial charge in [-0.15, -0.1) is 0 Å². The van der Waals surface area contributed by atoms with Gasteiger partial charge in [-0.3, -0.25) is 14.6 Å². The van der Waals surface area contributed by atoms with Crippen LogP contribution in [0.5, 0.6) is 0 Å². The summed E-state index contributed by atoms with van der Waals surface area (Å²) >= 11 is 6.20. The second kappa shape index (κ2) is 7.50. The van der Waals surface area contributed by atoms with Gasteiger partial charge < -0.3 is 14.7 Å². The molecular formula is C20H19ClN2O4. The minimum absolute atomic E-state index is 0.361. The summed E-state index contributed by atoms with van der Waals surface area (Å²) in [6.45, 7) is 0.272. The molecule has 7 heteroatoms. The van der Waals surface area contributed by atoms with Crippen molar-refractivity contribution in [1.82, 2.24) is 0 Å². The van der Waals surface area contributed by atoms with Gasteiger partial charge in [0.15, 0.2) is 5.54 Å². The van der Waals surface area contributed by atoms with E-state index in [4.69, 9.17) is 16.3 Å². The number of hydrogen-bond acceptors (Lipinski definition) is 5. The third kappa shape index (κ3) is 3.59. The van der Waals surface area contributed by atoms with Crippen LogP contribution in [0.25, 0.3) is 0 Å². The third-order valence-corrected chi connectivity index (χ3v) is 4.66. The molecular weight excluding hydrogens is 368 g/mol. The molecule has 1 atom stereocenters. The molecule has 3 rings (SSSR count). The predicted molar refractivity (Wildman–Crippen MR) is 103 cm³/mol. The van der Waals surface area contributed by atoms with E-state index in [9.17, 15) is 14.7 Å². The first kappa shape index (κ1) is 19.1. The van der Waals surface area contributed by atoms with Crippen LogP contribution in [0.15, 0.2) is 53.5 Å². The van der Waals surface area contributed by atoms with Crippen molar-refractivity contribution in [2.45, 2.75) is 12.5 Å². The van der Waals surface area contributed by atoms with Crippen LogP contribution in [0.3, 0.4) is 0 Å². The van der Waals surface area contributed by atoms with Crippen molar-refractivity contribution in [1.29, 1.82) is 0 Å². The average Bonchev–Trinajstić information content (AvgIpc) is 2.76. The van der Waals surface area contributed by atoms with Gasteiger partial charge >= 0.3 is 5.97 Å². The van der Waals surface area contributed by atoms with Gasteiger partial charge in [0.25, 0.3) is 5.91 Å². The first-order chi connectivity index (χ1) is 12.9. The number of hydrogen-bond donors (Lipinski definition) is 1. The Labute approximate surface area is 162 Å². The zero-order valence-corrected chi connectivity index (χ0v) is 15.7. The summed E-state index contributed by atoms with van der Waals surface area (Å²) in [7, 11) is 1.59. The first-order valence-corrected chi connectivity index (χ1v) is 8.73. The van der Waals surface area contributed by atoms with Crippen LogP contribution in [0.2, 0.25) is 5.02 Å². The molecule has 1 amide bonds. The maximum Gasteiger partial charge on any atom is 0.302 e. The van der Waals surface area contributed by atoms with E-state index in [1.54, 1.807) is 25.2 Å².